The number of hydrogen-bond acceptors (Lipinski definition) is 6. The van der Waals surface area contributed by atoms with Gasteiger partial charge in [-0.1, -0.05) is 51.1 Å². The Bertz CT molecular complexity index is 1190. The smallest absolute Gasteiger partial charge is 0.292 e. The van der Waals surface area contributed by atoms with E-state index in [9.17, 15) is 9.59 Å². The van der Waals surface area contributed by atoms with Crippen molar-refractivity contribution in [2.75, 3.05) is 5.32 Å². The van der Waals surface area contributed by atoms with E-state index < -0.39 is 0 Å². The van der Waals surface area contributed by atoms with E-state index in [4.69, 9.17) is 4.52 Å². The largest absolute Gasteiger partial charge is 0.345 e. The maximum Gasteiger partial charge on any atom is 0.292 e. The van der Waals surface area contributed by atoms with Gasteiger partial charge < -0.3 is 15.2 Å². The van der Waals surface area contributed by atoms with Crippen molar-refractivity contribution in [3.63, 3.8) is 0 Å². The number of carbonyl (C=O) groups is 2. The Hall–Kier alpha value is -3.55. The molecule has 33 heavy (non-hydrogen) atoms. The van der Waals surface area contributed by atoms with Gasteiger partial charge in [-0.2, -0.15) is 4.98 Å². The number of rotatable bonds is 6. The molecule has 1 aliphatic rings. The van der Waals surface area contributed by atoms with Crippen LogP contribution in [0.1, 0.15) is 61.8 Å². The highest BCUT2D eigenvalue weighted by Gasteiger charge is 2.39. The molecule has 8 heteroatoms. The molecule has 1 aromatic carbocycles. The third kappa shape index (κ3) is 5.27. The molecule has 0 spiro atoms. The van der Waals surface area contributed by atoms with Crippen molar-refractivity contribution < 1.29 is 14.1 Å². The van der Waals surface area contributed by atoms with Gasteiger partial charge in [0.1, 0.15) is 5.82 Å². The Balaban J connectivity index is 1.41. The molecule has 0 unspecified atom stereocenters. The molecule has 1 aliphatic carbocycles. The number of amides is 2. The van der Waals surface area contributed by atoms with E-state index in [1.165, 1.54) is 0 Å². The molecule has 0 saturated heterocycles. The van der Waals surface area contributed by atoms with Gasteiger partial charge in [-0.3, -0.25) is 9.59 Å². The molecule has 2 aromatic heterocycles. The van der Waals surface area contributed by atoms with E-state index in [2.05, 4.69) is 38.7 Å². The van der Waals surface area contributed by atoms with Crippen LogP contribution in [-0.4, -0.2) is 26.9 Å². The summed E-state index contributed by atoms with van der Waals surface area (Å²) in [7, 11) is 0. The zero-order valence-corrected chi connectivity index (χ0v) is 19.6. The third-order valence-corrected chi connectivity index (χ3v) is 5.84. The molecule has 2 heterocycles. The number of nitrogens with zero attached hydrogens (tertiary/aromatic N) is 3. The molecule has 0 aliphatic heterocycles. The molecule has 2 N–H and O–H groups in total. The number of carbonyl (C=O) groups excluding carboxylic acids is 2. The molecule has 2 atom stereocenters. The Labute approximate surface area is 193 Å². The normalized spacial score (nSPS) is 17.5. The topological polar surface area (TPSA) is 110 Å². The van der Waals surface area contributed by atoms with Crippen LogP contribution in [0.25, 0.3) is 11.1 Å². The van der Waals surface area contributed by atoms with Crippen LogP contribution in [0.4, 0.5) is 5.82 Å². The molecule has 1 fully saturated rings. The Morgan fingerprint density at radius 1 is 1.15 bits per heavy atom. The van der Waals surface area contributed by atoms with Crippen LogP contribution in [0.5, 0.6) is 0 Å². The summed E-state index contributed by atoms with van der Waals surface area (Å²) in [6.45, 7) is 10.3. The van der Waals surface area contributed by atoms with Gasteiger partial charge in [0.15, 0.2) is 0 Å². The van der Waals surface area contributed by atoms with Crippen molar-refractivity contribution in [1.82, 2.24) is 20.4 Å². The fourth-order valence-corrected chi connectivity index (χ4v) is 3.53. The van der Waals surface area contributed by atoms with Crippen molar-refractivity contribution in [1.29, 1.82) is 0 Å². The van der Waals surface area contributed by atoms with Gasteiger partial charge in [0, 0.05) is 24.1 Å². The Morgan fingerprint density at radius 2 is 1.88 bits per heavy atom. The molecule has 3 aromatic rings. The van der Waals surface area contributed by atoms with E-state index in [-0.39, 0.29) is 29.0 Å². The van der Waals surface area contributed by atoms with Crippen LogP contribution < -0.4 is 10.6 Å². The lowest BCUT2D eigenvalue weighted by atomic mass is 9.97. The van der Waals surface area contributed by atoms with Crippen molar-refractivity contribution in [3.8, 4) is 11.1 Å². The summed E-state index contributed by atoms with van der Waals surface area (Å²) in [5.41, 5.74) is 3.67. The highest BCUT2D eigenvalue weighted by Crippen LogP contribution is 2.38. The summed E-state index contributed by atoms with van der Waals surface area (Å²) in [5, 5.41) is 9.55. The molecular formula is C25H29N5O3. The van der Waals surface area contributed by atoms with Crippen LogP contribution in [0.2, 0.25) is 0 Å². The molecule has 8 nitrogen and oxygen atoms in total. The summed E-state index contributed by atoms with van der Waals surface area (Å²) < 4.78 is 5.19. The van der Waals surface area contributed by atoms with Gasteiger partial charge in [0.2, 0.25) is 11.8 Å². The van der Waals surface area contributed by atoms with Gasteiger partial charge in [-0.15, -0.1) is 0 Å². The van der Waals surface area contributed by atoms with Crippen LogP contribution >= 0.6 is 0 Å². The second-order valence-electron chi connectivity index (χ2n) is 9.74. The van der Waals surface area contributed by atoms with Crippen LogP contribution in [0.15, 0.2) is 41.1 Å². The molecule has 0 radical (unpaired) electrons. The monoisotopic (exact) mass is 447 g/mol. The first kappa shape index (κ1) is 22.6. The summed E-state index contributed by atoms with van der Waals surface area (Å²) in [6.07, 6.45) is 2.63. The number of hydrogen-bond donors (Lipinski definition) is 2. The van der Waals surface area contributed by atoms with E-state index in [1.54, 1.807) is 6.20 Å². The second kappa shape index (κ2) is 8.77. The SMILES string of the molecule is Cc1cc(-c2ccnc(NC(=O)[C@H]3C[C@H]3C)c2)ccc1CNC(=O)c1noc(C(C)(C)C)n1. The van der Waals surface area contributed by atoms with Crippen LogP contribution in [0.3, 0.4) is 0 Å². The molecule has 1 saturated carbocycles. The first-order chi connectivity index (χ1) is 15.6. The molecule has 2 amide bonds. The number of nitrogens with one attached hydrogen (secondary N) is 2. The quantitative estimate of drug-likeness (QED) is 0.584. The first-order valence-corrected chi connectivity index (χ1v) is 11.1. The number of benzene rings is 1. The van der Waals surface area contributed by atoms with Crippen LogP contribution in [-0.2, 0) is 16.8 Å². The summed E-state index contributed by atoms with van der Waals surface area (Å²) in [5.74, 6) is 1.21. The van der Waals surface area contributed by atoms with Gasteiger partial charge in [-0.05, 0) is 53.6 Å². The predicted molar refractivity (Wildman–Crippen MR) is 124 cm³/mol. The summed E-state index contributed by atoms with van der Waals surface area (Å²) in [4.78, 5) is 33.1. The fourth-order valence-electron chi connectivity index (χ4n) is 3.53. The van der Waals surface area contributed by atoms with Crippen LogP contribution in [0, 0.1) is 18.8 Å². The second-order valence-corrected chi connectivity index (χ2v) is 9.74. The van der Waals surface area contributed by atoms with E-state index in [0.717, 1.165) is 28.7 Å². The molecule has 172 valence electrons. The van der Waals surface area contributed by atoms with E-state index in [1.807, 2.05) is 52.0 Å². The molecular weight excluding hydrogens is 418 g/mol. The van der Waals surface area contributed by atoms with E-state index in [0.29, 0.717) is 24.2 Å². The first-order valence-electron chi connectivity index (χ1n) is 11.1. The summed E-state index contributed by atoms with van der Waals surface area (Å²) >= 11 is 0. The van der Waals surface area contributed by atoms with Crippen molar-refractivity contribution >= 4 is 17.6 Å². The number of aromatic nitrogens is 3. The number of anilines is 1. The predicted octanol–water partition coefficient (Wildman–Crippen LogP) is 4.26. The minimum atomic E-state index is -0.378. The average Bonchev–Trinajstić information content (AvgIpc) is 3.28. The van der Waals surface area contributed by atoms with Gasteiger partial charge in [-0.25, -0.2) is 4.98 Å². The van der Waals surface area contributed by atoms with E-state index >= 15 is 0 Å². The Kier molecular flexibility index (Phi) is 6.01. The zero-order valence-electron chi connectivity index (χ0n) is 19.6. The van der Waals surface area contributed by atoms with Gasteiger partial charge >= 0.3 is 0 Å². The lowest BCUT2D eigenvalue weighted by Gasteiger charge is -2.11. The zero-order chi connectivity index (χ0) is 23.8. The van der Waals surface area contributed by atoms with Gasteiger partial charge in [0.25, 0.3) is 11.7 Å². The fraction of sp³-hybridized carbons (Fsp3) is 0.400. The lowest BCUT2D eigenvalue weighted by molar-refractivity contribution is -0.117. The lowest BCUT2D eigenvalue weighted by Crippen LogP contribution is -2.24. The molecule has 0 bridgehead atoms. The molecule has 4 rings (SSSR count). The van der Waals surface area contributed by atoms with Gasteiger partial charge in [0.05, 0.1) is 0 Å². The summed E-state index contributed by atoms with van der Waals surface area (Å²) in [6, 6.07) is 9.81. The highest BCUT2D eigenvalue weighted by atomic mass is 16.5. The minimum absolute atomic E-state index is 0.0288. The average molecular weight is 448 g/mol. The highest BCUT2D eigenvalue weighted by molar-refractivity contribution is 5.94. The maximum atomic E-state index is 12.4. The number of pyridine rings is 1. The van der Waals surface area contributed by atoms with Crippen molar-refractivity contribution in [2.45, 2.75) is 53.0 Å². The maximum absolute atomic E-state index is 12.4. The minimum Gasteiger partial charge on any atom is -0.345 e. The van der Waals surface area contributed by atoms with Crippen molar-refractivity contribution in [2.24, 2.45) is 11.8 Å². The third-order valence-electron chi connectivity index (χ3n) is 5.84. The number of aryl methyl sites for hydroxylation is 1. The standard InChI is InChI=1S/C25H29N5O3/c1-14-10-16(17-8-9-26-20(12-17)28-22(31)19-11-15(19)2)6-7-18(14)13-27-23(32)21-29-24(33-30-21)25(3,4)5/h6-10,12,15,19H,11,13H2,1-5H3,(H,27,32)(H,26,28,31)/t15-,19+/m1/s1. The van der Waals surface area contributed by atoms with Crippen molar-refractivity contribution in [3.05, 3.63) is 59.4 Å². The Morgan fingerprint density at radius 3 is 2.52 bits per heavy atom.